The Labute approximate surface area is 169 Å². The summed E-state index contributed by atoms with van der Waals surface area (Å²) >= 11 is 0. The van der Waals surface area contributed by atoms with E-state index in [0.29, 0.717) is 40.9 Å². The molecule has 0 radical (unpaired) electrons. The van der Waals surface area contributed by atoms with Gasteiger partial charge in [0.05, 0.1) is 19.8 Å². The highest BCUT2D eigenvalue weighted by Crippen LogP contribution is 2.35. The molecule has 29 heavy (non-hydrogen) atoms. The van der Waals surface area contributed by atoms with Crippen LogP contribution in [-0.4, -0.2) is 41.7 Å². The molecule has 0 bridgehead atoms. The van der Waals surface area contributed by atoms with Crippen molar-refractivity contribution in [3.05, 3.63) is 60.0 Å². The third kappa shape index (κ3) is 3.81. The number of hydrogen-bond acceptors (Lipinski definition) is 6. The van der Waals surface area contributed by atoms with E-state index in [1.807, 2.05) is 47.4 Å². The molecule has 150 valence electrons. The lowest BCUT2D eigenvalue weighted by Crippen LogP contribution is -2.38. The van der Waals surface area contributed by atoms with Gasteiger partial charge >= 0.3 is 0 Å². The average Bonchev–Trinajstić information content (AvgIpc) is 3.28. The zero-order valence-electron chi connectivity index (χ0n) is 16.5. The number of ether oxygens (including phenoxy) is 2. The van der Waals surface area contributed by atoms with Gasteiger partial charge in [0.25, 0.3) is 5.91 Å². The van der Waals surface area contributed by atoms with Gasteiger partial charge in [-0.25, -0.2) is 0 Å². The number of methoxy groups -OCH3 is 2. The van der Waals surface area contributed by atoms with Crippen LogP contribution in [0.3, 0.4) is 0 Å². The van der Waals surface area contributed by atoms with E-state index in [1.165, 1.54) is 0 Å². The van der Waals surface area contributed by atoms with Crippen LogP contribution >= 0.6 is 0 Å². The summed E-state index contributed by atoms with van der Waals surface area (Å²) in [6.07, 6.45) is 2.76. The molecule has 4 rings (SSSR count). The van der Waals surface area contributed by atoms with Crippen LogP contribution < -0.4 is 9.47 Å². The van der Waals surface area contributed by atoms with Crippen LogP contribution in [-0.2, 0) is 0 Å². The highest BCUT2D eigenvalue weighted by Gasteiger charge is 2.33. The van der Waals surface area contributed by atoms with Gasteiger partial charge in [0.2, 0.25) is 11.7 Å². The van der Waals surface area contributed by atoms with Crippen molar-refractivity contribution < 1.29 is 18.8 Å². The summed E-state index contributed by atoms with van der Waals surface area (Å²) in [5, 5.41) is 4.15. The normalized spacial score (nSPS) is 16.5. The van der Waals surface area contributed by atoms with E-state index in [0.717, 1.165) is 19.3 Å². The first-order valence-corrected chi connectivity index (χ1v) is 9.63. The van der Waals surface area contributed by atoms with Crippen molar-refractivity contribution in [3.8, 4) is 22.9 Å². The predicted octanol–water partition coefficient (Wildman–Crippen LogP) is 4.12. The Morgan fingerprint density at radius 2 is 1.93 bits per heavy atom. The minimum atomic E-state index is -0.234. The van der Waals surface area contributed by atoms with Gasteiger partial charge in [0, 0.05) is 18.2 Å². The quantitative estimate of drug-likeness (QED) is 0.649. The predicted molar refractivity (Wildman–Crippen MR) is 107 cm³/mol. The van der Waals surface area contributed by atoms with Gasteiger partial charge in [0.1, 0.15) is 17.5 Å². The fourth-order valence-electron chi connectivity index (χ4n) is 3.64. The molecule has 0 spiro atoms. The van der Waals surface area contributed by atoms with Crippen LogP contribution in [0, 0.1) is 0 Å². The Hall–Kier alpha value is -3.35. The number of likely N-dealkylation sites (tertiary alicyclic amines) is 1. The molecule has 1 aliphatic rings. The van der Waals surface area contributed by atoms with Crippen LogP contribution in [0.5, 0.6) is 11.5 Å². The first-order chi connectivity index (χ1) is 14.2. The van der Waals surface area contributed by atoms with Crippen molar-refractivity contribution in [2.45, 2.75) is 25.3 Å². The van der Waals surface area contributed by atoms with Crippen molar-refractivity contribution in [1.29, 1.82) is 0 Å². The summed E-state index contributed by atoms with van der Waals surface area (Å²) < 4.78 is 16.3. The van der Waals surface area contributed by atoms with Crippen molar-refractivity contribution >= 4 is 5.91 Å². The molecule has 1 fully saturated rings. The van der Waals surface area contributed by atoms with Crippen LogP contribution in [0.25, 0.3) is 11.4 Å². The second-order valence-corrected chi connectivity index (χ2v) is 6.90. The van der Waals surface area contributed by atoms with E-state index in [-0.39, 0.29) is 11.9 Å². The summed E-state index contributed by atoms with van der Waals surface area (Å²) in [7, 11) is 3.18. The van der Waals surface area contributed by atoms with E-state index in [2.05, 4.69) is 10.1 Å². The van der Waals surface area contributed by atoms with Crippen molar-refractivity contribution in [3.63, 3.8) is 0 Å². The van der Waals surface area contributed by atoms with Gasteiger partial charge in [-0.3, -0.25) is 4.79 Å². The number of carbonyl (C=O) groups is 1. The zero-order chi connectivity index (χ0) is 20.2. The molecule has 1 aliphatic heterocycles. The zero-order valence-corrected chi connectivity index (χ0v) is 16.5. The Balaban J connectivity index is 1.63. The Morgan fingerprint density at radius 3 is 2.69 bits per heavy atom. The molecule has 2 aromatic carbocycles. The third-order valence-electron chi connectivity index (χ3n) is 5.16. The lowest BCUT2D eigenvalue weighted by Gasteiger charge is -2.33. The molecule has 0 aliphatic carbocycles. The molecule has 1 aromatic heterocycles. The molecule has 7 heteroatoms. The average molecular weight is 393 g/mol. The maximum Gasteiger partial charge on any atom is 0.254 e. The number of hydrogen-bond donors (Lipinski definition) is 0. The summed E-state index contributed by atoms with van der Waals surface area (Å²) in [5.41, 5.74) is 1.37. The number of benzene rings is 2. The largest absolute Gasteiger partial charge is 0.497 e. The lowest BCUT2D eigenvalue weighted by atomic mass is 10.0. The van der Waals surface area contributed by atoms with Gasteiger partial charge in [-0.05, 0) is 43.5 Å². The van der Waals surface area contributed by atoms with Crippen molar-refractivity contribution in [2.75, 3.05) is 20.8 Å². The molecule has 0 saturated carbocycles. The number of carbonyl (C=O) groups excluding carboxylic acids is 1. The molecule has 1 unspecified atom stereocenters. The van der Waals surface area contributed by atoms with Gasteiger partial charge < -0.3 is 18.9 Å². The number of aromatic nitrogens is 2. The Kier molecular flexibility index (Phi) is 5.46. The van der Waals surface area contributed by atoms with Gasteiger partial charge in [-0.2, -0.15) is 4.98 Å². The highest BCUT2D eigenvalue weighted by molar-refractivity contribution is 5.94. The first kappa shape index (κ1) is 19.0. The maximum absolute atomic E-state index is 13.0. The lowest BCUT2D eigenvalue weighted by molar-refractivity contribution is 0.0561. The molecule has 7 nitrogen and oxygen atoms in total. The van der Waals surface area contributed by atoms with Gasteiger partial charge in [-0.15, -0.1) is 0 Å². The van der Waals surface area contributed by atoms with Gasteiger partial charge in [-0.1, -0.05) is 23.4 Å². The van der Waals surface area contributed by atoms with E-state index in [9.17, 15) is 4.79 Å². The number of nitrogens with zero attached hydrogens (tertiary/aromatic N) is 3. The number of piperidine rings is 1. The summed E-state index contributed by atoms with van der Waals surface area (Å²) in [4.78, 5) is 19.5. The minimum Gasteiger partial charge on any atom is -0.497 e. The SMILES string of the molecule is COc1ccc(-c2noc(C3CCCCN3C(=O)c3ccccc3)n2)c(OC)c1. The molecule has 1 saturated heterocycles. The van der Waals surface area contributed by atoms with Gasteiger partial charge in [0.15, 0.2) is 0 Å². The topological polar surface area (TPSA) is 77.7 Å². The molecule has 3 aromatic rings. The summed E-state index contributed by atoms with van der Waals surface area (Å²) in [6.45, 7) is 0.669. The van der Waals surface area contributed by atoms with Crippen LogP contribution in [0.2, 0.25) is 0 Å². The van der Waals surface area contributed by atoms with Crippen LogP contribution in [0.15, 0.2) is 53.1 Å². The number of rotatable bonds is 5. The fraction of sp³-hybridized carbons (Fsp3) is 0.318. The molecule has 1 atom stereocenters. The second kappa shape index (κ2) is 8.34. The summed E-state index contributed by atoms with van der Waals surface area (Å²) in [5.74, 6) is 2.13. The third-order valence-corrected chi connectivity index (χ3v) is 5.16. The van der Waals surface area contributed by atoms with E-state index in [4.69, 9.17) is 14.0 Å². The number of amides is 1. The van der Waals surface area contributed by atoms with E-state index >= 15 is 0 Å². The highest BCUT2D eigenvalue weighted by atomic mass is 16.5. The first-order valence-electron chi connectivity index (χ1n) is 9.63. The standard InChI is InChI=1S/C22H23N3O4/c1-27-16-11-12-17(19(14-16)28-2)20-23-21(29-24-20)18-10-6-7-13-25(18)22(26)15-8-4-3-5-9-15/h3-5,8-9,11-12,14,18H,6-7,10,13H2,1-2H3. The Morgan fingerprint density at radius 1 is 1.10 bits per heavy atom. The van der Waals surface area contributed by atoms with Crippen LogP contribution in [0.4, 0.5) is 0 Å². The summed E-state index contributed by atoms with van der Waals surface area (Å²) in [6, 6.07) is 14.5. The van der Waals surface area contributed by atoms with E-state index < -0.39 is 0 Å². The molecular formula is C22H23N3O4. The monoisotopic (exact) mass is 393 g/mol. The maximum atomic E-state index is 13.0. The molecule has 2 heterocycles. The van der Waals surface area contributed by atoms with Crippen molar-refractivity contribution in [2.24, 2.45) is 0 Å². The molecular weight excluding hydrogens is 370 g/mol. The Bertz CT molecular complexity index is 987. The van der Waals surface area contributed by atoms with E-state index in [1.54, 1.807) is 20.3 Å². The van der Waals surface area contributed by atoms with Crippen molar-refractivity contribution in [1.82, 2.24) is 15.0 Å². The fourth-order valence-corrected chi connectivity index (χ4v) is 3.64. The second-order valence-electron chi connectivity index (χ2n) is 6.90. The molecule has 1 amide bonds. The molecule has 0 N–H and O–H groups in total. The minimum absolute atomic E-state index is 0.0166. The smallest absolute Gasteiger partial charge is 0.254 e. The van der Waals surface area contributed by atoms with Crippen LogP contribution in [0.1, 0.15) is 41.6 Å².